The normalized spacial score (nSPS) is 12.7. The van der Waals surface area contributed by atoms with E-state index < -0.39 is 21.6 Å². The molecule has 2 aromatic carbocycles. The second-order valence-corrected chi connectivity index (χ2v) is 8.55. The van der Waals surface area contributed by atoms with E-state index in [2.05, 4.69) is 15.6 Å². The molecule has 0 saturated heterocycles. The number of sulfone groups is 1. The van der Waals surface area contributed by atoms with Crippen molar-refractivity contribution < 1.29 is 21.6 Å². The van der Waals surface area contributed by atoms with Crippen LogP contribution in [-0.4, -0.2) is 40.8 Å². The Morgan fingerprint density at radius 2 is 1.34 bits per heavy atom. The lowest BCUT2D eigenvalue weighted by Gasteiger charge is -2.12. The van der Waals surface area contributed by atoms with Gasteiger partial charge in [-0.25, -0.2) is 8.42 Å². The van der Waals surface area contributed by atoms with Gasteiger partial charge in [-0.2, -0.15) is 13.2 Å². The van der Waals surface area contributed by atoms with E-state index in [1.165, 1.54) is 18.4 Å². The van der Waals surface area contributed by atoms with Crippen molar-refractivity contribution in [3.8, 4) is 0 Å². The van der Waals surface area contributed by atoms with Crippen LogP contribution in [-0.2, 0) is 28.9 Å². The van der Waals surface area contributed by atoms with Crippen molar-refractivity contribution in [1.29, 1.82) is 0 Å². The minimum absolute atomic E-state index is 0.287. The van der Waals surface area contributed by atoms with E-state index in [9.17, 15) is 21.6 Å². The molecule has 0 bridgehead atoms. The fraction of sp³-hybridized carbons (Fsp3) is 0.350. The minimum atomic E-state index is -4.33. The lowest BCUT2D eigenvalue weighted by atomic mass is 10.1. The Balaban J connectivity index is 1.75. The topological polar surface area (TPSA) is 70.6 Å². The molecule has 9 heteroatoms. The van der Waals surface area contributed by atoms with Crippen LogP contribution in [0, 0.1) is 0 Å². The van der Waals surface area contributed by atoms with Gasteiger partial charge >= 0.3 is 6.18 Å². The maximum Gasteiger partial charge on any atom is 0.416 e. The number of benzene rings is 2. The summed E-state index contributed by atoms with van der Waals surface area (Å²) in [5, 5.41) is 6.27. The summed E-state index contributed by atoms with van der Waals surface area (Å²) in [6, 6.07) is 11.8. The molecular weight excluding hydrogens is 403 g/mol. The summed E-state index contributed by atoms with van der Waals surface area (Å²) in [4.78, 5) is 4.40. The van der Waals surface area contributed by atoms with Gasteiger partial charge in [0, 0.05) is 26.4 Å². The van der Waals surface area contributed by atoms with Crippen LogP contribution in [0.1, 0.15) is 16.7 Å². The molecule has 0 heterocycles. The standard InChI is InChI=1S/C20H24F3N3O2S/c1-24-19(25-13-11-15-3-7-17(8-4-15)20(21,22)23)26-14-12-16-5-9-18(10-6-16)29(2,27)28/h3-10H,11-14H2,1-2H3,(H2,24,25,26). The number of halogens is 3. The van der Waals surface area contributed by atoms with Gasteiger partial charge < -0.3 is 10.6 Å². The smallest absolute Gasteiger partial charge is 0.356 e. The van der Waals surface area contributed by atoms with Crippen molar-refractivity contribution in [3.63, 3.8) is 0 Å². The van der Waals surface area contributed by atoms with Gasteiger partial charge in [0.2, 0.25) is 0 Å². The fourth-order valence-electron chi connectivity index (χ4n) is 2.63. The van der Waals surface area contributed by atoms with Crippen molar-refractivity contribution in [1.82, 2.24) is 10.6 Å². The highest BCUT2D eigenvalue weighted by atomic mass is 32.2. The molecule has 0 saturated carbocycles. The Labute approximate surface area is 169 Å². The van der Waals surface area contributed by atoms with Crippen LogP contribution in [0.5, 0.6) is 0 Å². The Morgan fingerprint density at radius 1 is 0.897 bits per heavy atom. The maximum absolute atomic E-state index is 12.6. The van der Waals surface area contributed by atoms with Gasteiger partial charge in [0.05, 0.1) is 10.5 Å². The quantitative estimate of drug-likeness (QED) is 0.526. The highest BCUT2D eigenvalue weighted by Crippen LogP contribution is 2.29. The zero-order valence-electron chi connectivity index (χ0n) is 16.3. The maximum atomic E-state index is 12.6. The monoisotopic (exact) mass is 427 g/mol. The Bertz CT molecular complexity index is 923. The van der Waals surface area contributed by atoms with Gasteiger partial charge in [-0.3, -0.25) is 4.99 Å². The largest absolute Gasteiger partial charge is 0.416 e. The summed E-state index contributed by atoms with van der Waals surface area (Å²) in [7, 11) is -1.57. The van der Waals surface area contributed by atoms with Gasteiger partial charge in [-0.1, -0.05) is 24.3 Å². The first-order chi connectivity index (χ1) is 13.6. The molecule has 5 nitrogen and oxygen atoms in total. The molecule has 0 unspecified atom stereocenters. The number of guanidine groups is 1. The molecule has 0 fully saturated rings. The molecule has 0 aliphatic rings. The van der Waals surface area contributed by atoms with Crippen molar-refractivity contribution in [2.45, 2.75) is 23.9 Å². The molecular formula is C20H24F3N3O2S. The van der Waals surface area contributed by atoms with E-state index in [0.717, 1.165) is 23.3 Å². The molecule has 0 aliphatic heterocycles. The average molecular weight is 427 g/mol. The van der Waals surface area contributed by atoms with Crippen molar-refractivity contribution in [2.75, 3.05) is 26.4 Å². The van der Waals surface area contributed by atoms with Crippen LogP contribution >= 0.6 is 0 Å². The second kappa shape index (κ2) is 9.78. The van der Waals surface area contributed by atoms with Crippen LogP contribution in [0.2, 0.25) is 0 Å². The Kier molecular flexibility index (Phi) is 7.66. The summed E-state index contributed by atoms with van der Waals surface area (Å²) >= 11 is 0. The number of hydrogen-bond donors (Lipinski definition) is 2. The van der Waals surface area contributed by atoms with E-state index in [4.69, 9.17) is 0 Å². The molecule has 0 aromatic heterocycles. The zero-order valence-corrected chi connectivity index (χ0v) is 17.1. The van der Waals surface area contributed by atoms with Crippen molar-refractivity contribution >= 4 is 15.8 Å². The lowest BCUT2D eigenvalue weighted by Crippen LogP contribution is -2.39. The van der Waals surface area contributed by atoms with Gasteiger partial charge in [0.1, 0.15) is 0 Å². The molecule has 158 valence electrons. The number of aliphatic imine (C=N–C) groups is 1. The average Bonchev–Trinajstić information content (AvgIpc) is 2.66. The number of nitrogens with one attached hydrogen (secondary N) is 2. The third-order valence-electron chi connectivity index (χ3n) is 4.27. The first kappa shape index (κ1) is 22.7. The Hall–Kier alpha value is -2.55. The van der Waals surface area contributed by atoms with E-state index in [0.29, 0.717) is 31.9 Å². The summed E-state index contributed by atoms with van der Waals surface area (Å²) in [6.07, 6.45) is -1.91. The first-order valence-electron chi connectivity index (χ1n) is 8.99. The van der Waals surface area contributed by atoms with Crippen LogP contribution in [0.3, 0.4) is 0 Å². The molecule has 2 rings (SSSR count). The molecule has 0 aliphatic carbocycles. The highest BCUT2D eigenvalue weighted by Gasteiger charge is 2.29. The summed E-state index contributed by atoms with van der Waals surface area (Å²) in [5.41, 5.74) is 1.13. The SMILES string of the molecule is CN=C(NCCc1ccc(C(F)(F)F)cc1)NCCc1ccc(S(C)(=O)=O)cc1. The van der Waals surface area contributed by atoms with Crippen LogP contribution in [0.15, 0.2) is 58.4 Å². The molecule has 0 radical (unpaired) electrons. The van der Waals surface area contributed by atoms with Gasteiger partial charge in [-0.15, -0.1) is 0 Å². The van der Waals surface area contributed by atoms with Crippen LogP contribution in [0.25, 0.3) is 0 Å². The second-order valence-electron chi connectivity index (χ2n) is 6.54. The predicted molar refractivity (Wildman–Crippen MR) is 108 cm³/mol. The van der Waals surface area contributed by atoms with Crippen LogP contribution in [0.4, 0.5) is 13.2 Å². The molecule has 2 aromatic rings. The van der Waals surface area contributed by atoms with E-state index in [1.807, 2.05) is 0 Å². The van der Waals surface area contributed by atoms with E-state index >= 15 is 0 Å². The molecule has 0 spiro atoms. The molecule has 0 atom stereocenters. The highest BCUT2D eigenvalue weighted by molar-refractivity contribution is 7.90. The predicted octanol–water partition coefficient (Wildman–Crippen LogP) is 3.06. The van der Waals surface area contributed by atoms with Gasteiger partial charge in [-0.05, 0) is 48.2 Å². The summed E-state index contributed by atoms with van der Waals surface area (Å²) in [5.74, 6) is 0.588. The molecule has 0 amide bonds. The Morgan fingerprint density at radius 3 is 1.72 bits per heavy atom. The molecule has 2 N–H and O–H groups in total. The number of alkyl halides is 3. The fourth-order valence-corrected chi connectivity index (χ4v) is 3.27. The minimum Gasteiger partial charge on any atom is -0.356 e. The van der Waals surface area contributed by atoms with Gasteiger partial charge in [0.25, 0.3) is 0 Å². The third kappa shape index (κ3) is 7.41. The number of nitrogens with zero attached hydrogens (tertiary/aromatic N) is 1. The van der Waals surface area contributed by atoms with Crippen molar-refractivity contribution in [3.05, 3.63) is 65.2 Å². The number of rotatable bonds is 7. The molecule has 29 heavy (non-hydrogen) atoms. The van der Waals surface area contributed by atoms with Crippen molar-refractivity contribution in [2.24, 2.45) is 4.99 Å². The summed E-state index contributed by atoms with van der Waals surface area (Å²) < 4.78 is 60.6. The zero-order chi connectivity index (χ0) is 21.5. The number of hydrogen-bond acceptors (Lipinski definition) is 3. The van der Waals surface area contributed by atoms with Crippen LogP contribution < -0.4 is 10.6 Å². The van der Waals surface area contributed by atoms with E-state index in [1.54, 1.807) is 31.3 Å². The summed E-state index contributed by atoms with van der Waals surface area (Å²) in [6.45, 7) is 1.12. The third-order valence-corrected chi connectivity index (χ3v) is 5.40. The van der Waals surface area contributed by atoms with E-state index in [-0.39, 0.29) is 4.90 Å². The lowest BCUT2D eigenvalue weighted by molar-refractivity contribution is -0.137. The first-order valence-corrected chi connectivity index (χ1v) is 10.9. The van der Waals surface area contributed by atoms with Gasteiger partial charge in [0.15, 0.2) is 15.8 Å².